The van der Waals surface area contributed by atoms with Crippen molar-refractivity contribution < 1.29 is 0 Å². The Morgan fingerprint density at radius 3 is 2.17 bits per heavy atom. The molecule has 3 nitrogen and oxygen atoms in total. The van der Waals surface area contributed by atoms with Gasteiger partial charge in [0.1, 0.15) is 6.67 Å². The smallest absolute Gasteiger partial charge is 0.223 e. The summed E-state index contributed by atoms with van der Waals surface area (Å²) in [5.74, 6) is 0. The summed E-state index contributed by atoms with van der Waals surface area (Å²) in [5.41, 5.74) is 1.11. The van der Waals surface area contributed by atoms with Crippen molar-refractivity contribution in [2.75, 3.05) is 18.1 Å². The highest BCUT2D eigenvalue weighted by molar-refractivity contribution is 6.68. The van der Waals surface area contributed by atoms with E-state index in [2.05, 4.69) is 34.1 Å². The summed E-state index contributed by atoms with van der Waals surface area (Å²) in [6.07, 6.45) is 12.2. The van der Waals surface area contributed by atoms with Crippen molar-refractivity contribution in [1.82, 2.24) is 5.01 Å². The van der Waals surface area contributed by atoms with Gasteiger partial charge < -0.3 is 0 Å². The Kier molecular flexibility index (Phi) is 8.30. The van der Waals surface area contributed by atoms with Gasteiger partial charge in [-0.3, -0.25) is 9.91 Å². The molecule has 128 valence electrons. The van der Waals surface area contributed by atoms with E-state index in [0.717, 1.165) is 18.9 Å². The average Bonchev–Trinajstić information content (AvgIpc) is 2.95. The lowest BCUT2D eigenvalue weighted by Gasteiger charge is -2.19. The summed E-state index contributed by atoms with van der Waals surface area (Å²) >= 11 is 6.26. The normalized spacial score (nSPS) is 14.4. The van der Waals surface area contributed by atoms with E-state index in [1.54, 1.807) is 0 Å². The first kappa shape index (κ1) is 18.1. The van der Waals surface area contributed by atoms with Crippen LogP contribution >= 0.6 is 11.6 Å². The molecular formula is C19H30ClN3. The van der Waals surface area contributed by atoms with Crippen LogP contribution in [0.3, 0.4) is 0 Å². The number of hydrazone groups is 1. The van der Waals surface area contributed by atoms with Gasteiger partial charge in [-0.25, -0.2) is 0 Å². The highest BCUT2D eigenvalue weighted by Gasteiger charge is 2.21. The minimum Gasteiger partial charge on any atom is -0.296 e. The Balaban J connectivity index is 1.56. The molecule has 0 atom stereocenters. The van der Waals surface area contributed by atoms with Crippen LogP contribution in [0.5, 0.6) is 0 Å². The van der Waals surface area contributed by atoms with E-state index >= 15 is 0 Å². The van der Waals surface area contributed by atoms with Gasteiger partial charge in [0.15, 0.2) is 0 Å². The number of halogens is 1. The molecule has 1 heterocycles. The zero-order valence-electron chi connectivity index (χ0n) is 14.4. The molecule has 4 heteroatoms. The van der Waals surface area contributed by atoms with Crippen molar-refractivity contribution in [3.63, 3.8) is 0 Å². The van der Waals surface area contributed by atoms with E-state index < -0.39 is 0 Å². The van der Waals surface area contributed by atoms with E-state index in [-0.39, 0.29) is 0 Å². The van der Waals surface area contributed by atoms with Gasteiger partial charge in [0.2, 0.25) is 5.29 Å². The monoisotopic (exact) mass is 335 g/mol. The highest BCUT2D eigenvalue weighted by atomic mass is 35.5. The number of para-hydroxylation sites is 1. The summed E-state index contributed by atoms with van der Waals surface area (Å²) in [6, 6.07) is 10.2. The van der Waals surface area contributed by atoms with Crippen LogP contribution in [-0.4, -0.2) is 23.5 Å². The van der Waals surface area contributed by atoms with Gasteiger partial charge in [-0.15, -0.1) is 5.10 Å². The first-order valence-electron chi connectivity index (χ1n) is 9.13. The topological polar surface area (TPSA) is 18.8 Å². The molecule has 0 aliphatic carbocycles. The maximum atomic E-state index is 6.26. The molecule has 0 fully saturated rings. The Bertz CT molecular complexity index is 461. The van der Waals surface area contributed by atoms with E-state index in [0.29, 0.717) is 5.29 Å². The largest absolute Gasteiger partial charge is 0.296 e. The van der Waals surface area contributed by atoms with E-state index in [1.165, 1.54) is 57.8 Å². The second kappa shape index (κ2) is 10.5. The maximum absolute atomic E-state index is 6.26. The Labute approximate surface area is 146 Å². The Morgan fingerprint density at radius 1 is 0.913 bits per heavy atom. The third kappa shape index (κ3) is 6.42. The van der Waals surface area contributed by atoms with Crippen LogP contribution in [0, 0.1) is 0 Å². The lowest BCUT2D eigenvalue weighted by molar-refractivity contribution is 0.308. The van der Waals surface area contributed by atoms with Gasteiger partial charge >= 0.3 is 0 Å². The molecule has 23 heavy (non-hydrogen) atoms. The molecule has 2 rings (SSSR count). The zero-order valence-corrected chi connectivity index (χ0v) is 15.1. The van der Waals surface area contributed by atoms with E-state index in [1.807, 2.05) is 18.2 Å². The van der Waals surface area contributed by atoms with E-state index in [4.69, 9.17) is 11.6 Å². The first-order valence-corrected chi connectivity index (χ1v) is 9.50. The molecule has 0 saturated carbocycles. The van der Waals surface area contributed by atoms with Gasteiger partial charge in [0.25, 0.3) is 0 Å². The molecule has 0 spiro atoms. The molecule has 0 amide bonds. The van der Waals surface area contributed by atoms with Gasteiger partial charge in [0.05, 0.1) is 0 Å². The number of benzene rings is 1. The van der Waals surface area contributed by atoms with Crippen molar-refractivity contribution >= 4 is 22.6 Å². The summed E-state index contributed by atoms with van der Waals surface area (Å²) in [7, 11) is 0. The SMILES string of the molecule is CCCCCCCCCCCN1CN(c2ccccc2)C(Cl)=N1. The highest BCUT2D eigenvalue weighted by Crippen LogP contribution is 2.21. The third-order valence-corrected chi connectivity index (χ3v) is 4.62. The number of hydrogen-bond acceptors (Lipinski definition) is 3. The summed E-state index contributed by atoms with van der Waals surface area (Å²) < 4.78 is 0. The lowest BCUT2D eigenvalue weighted by atomic mass is 10.1. The molecular weight excluding hydrogens is 306 g/mol. The van der Waals surface area contributed by atoms with E-state index in [9.17, 15) is 0 Å². The van der Waals surface area contributed by atoms with Crippen LogP contribution in [0.25, 0.3) is 0 Å². The van der Waals surface area contributed by atoms with Crippen molar-refractivity contribution in [1.29, 1.82) is 0 Å². The maximum Gasteiger partial charge on any atom is 0.223 e. The summed E-state index contributed by atoms with van der Waals surface area (Å²) in [6.45, 7) is 4.03. The number of anilines is 1. The van der Waals surface area contributed by atoms with Crippen LogP contribution in [0.1, 0.15) is 64.7 Å². The van der Waals surface area contributed by atoms with Crippen LogP contribution in [0.15, 0.2) is 35.4 Å². The molecule has 0 radical (unpaired) electrons. The molecule has 1 aromatic carbocycles. The first-order chi connectivity index (χ1) is 11.3. The molecule has 0 unspecified atom stereocenters. The fourth-order valence-corrected chi connectivity index (χ4v) is 3.20. The minimum absolute atomic E-state index is 0.576. The van der Waals surface area contributed by atoms with Crippen LogP contribution < -0.4 is 4.90 Å². The quantitative estimate of drug-likeness (QED) is 0.375. The fourth-order valence-electron chi connectivity index (χ4n) is 2.95. The molecule has 0 saturated heterocycles. The van der Waals surface area contributed by atoms with Gasteiger partial charge in [0, 0.05) is 12.2 Å². The molecule has 1 aromatic rings. The Morgan fingerprint density at radius 2 is 1.52 bits per heavy atom. The Hall–Kier alpha value is -1.22. The van der Waals surface area contributed by atoms with Gasteiger partial charge in [-0.2, -0.15) is 0 Å². The third-order valence-electron chi connectivity index (χ3n) is 4.34. The number of unbranched alkanes of at least 4 members (excludes halogenated alkanes) is 8. The molecule has 0 aromatic heterocycles. The van der Waals surface area contributed by atoms with Gasteiger partial charge in [-0.1, -0.05) is 76.5 Å². The van der Waals surface area contributed by atoms with Gasteiger partial charge in [-0.05, 0) is 30.2 Å². The number of nitrogens with zero attached hydrogens (tertiary/aromatic N) is 3. The second-order valence-corrected chi connectivity index (χ2v) is 6.67. The molecule has 1 aliphatic heterocycles. The van der Waals surface area contributed by atoms with Crippen LogP contribution in [0.4, 0.5) is 5.69 Å². The van der Waals surface area contributed by atoms with Crippen molar-refractivity contribution in [2.24, 2.45) is 5.10 Å². The summed E-state index contributed by atoms with van der Waals surface area (Å²) in [5, 5.41) is 7.11. The predicted octanol–water partition coefficient (Wildman–Crippen LogP) is 5.81. The van der Waals surface area contributed by atoms with Crippen LogP contribution in [0.2, 0.25) is 0 Å². The predicted molar refractivity (Wildman–Crippen MR) is 101 cm³/mol. The molecule has 0 bridgehead atoms. The zero-order chi connectivity index (χ0) is 16.3. The summed E-state index contributed by atoms with van der Waals surface area (Å²) in [4.78, 5) is 2.05. The standard InChI is InChI=1S/C19H30ClN3/c1-2-3-4-5-6-7-8-9-13-16-22-17-23(19(20)21-22)18-14-11-10-12-15-18/h10-12,14-15H,2-9,13,16-17H2,1H3. The number of rotatable bonds is 11. The van der Waals surface area contributed by atoms with Crippen molar-refractivity contribution in [2.45, 2.75) is 64.7 Å². The second-order valence-electron chi connectivity index (χ2n) is 6.33. The molecule has 1 aliphatic rings. The number of hydrogen-bond donors (Lipinski definition) is 0. The fraction of sp³-hybridized carbons (Fsp3) is 0.632. The molecule has 0 N–H and O–H groups in total. The lowest BCUT2D eigenvalue weighted by Crippen LogP contribution is -2.29. The minimum atomic E-state index is 0.576. The van der Waals surface area contributed by atoms with Crippen molar-refractivity contribution in [3.05, 3.63) is 30.3 Å². The number of amidine groups is 1. The van der Waals surface area contributed by atoms with Crippen molar-refractivity contribution in [3.8, 4) is 0 Å². The average molecular weight is 336 g/mol. The van der Waals surface area contributed by atoms with Crippen LogP contribution in [-0.2, 0) is 0 Å².